The van der Waals surface area contributed by atoms with Crippen molar-refractivity contribution in [1.82, 2.24) is 0 Å². The average molecular weight is 1470 g/mol. The lowest BCUT2D eigenvalue weighted by atomic mass is 9.86. The number of nitrogens with zero attached hydrogens (tertiary/aromatic N) is 3. The number of hydrogen-bond acceptors (Lipinski definition) is 10. The van der Waals surface area contributed by atoms with Crippen molar-refractivity contribution in [2.45, 2.75) is 113 Å². The van der Waals surface area contributed by atoms with Gasteiger partial charge in [0.1, 0.15) is 23.0 Å². The van der Waals surface area contributed by atoms with Gasteiger partial charge in [-0.1, -0.05) is 146 Å². The maximum absolute atomic E-state index is 13.3. The highest BCUT2D eigenvalue weighted by Crippen LogP contribution is 2.49. The van der Waals surface area contributed by atoms with Gasteiger partial charge in [0.05, 0.1) is 44.9 Å². The Kier molecular flexibility index (Phi) is 23.4. The van der Waals surface area contributed by atoms with Crippen LogP contribution in [0.15, 0.2) is 212 Å². The maximum Gasteiger partial charge on any atom is 0.573 e. The first-order valence-electron chi connectivity index (χ1n) is 32.2. The van der Waals surface area contributed by atoms with E-state index in [1.807, 2.05) is 36.4 Å². The van der Waals surface area contributed by atoms with Crippen LogP contribution in [0.1, 0.15) is 70.8 Å². The van der Waals surface area contributed by atoms with E-state index in [0.717, 1.165) is 16.7 Å². The molecule has 0 amide bonds. The number of benzene rings is 9. The summed E-state index contributed by atoms with van der Waals surface area (Å²) >= 11 is 0. The quantitative estimate of drug-likeness (QED) is 0.0810. The van der Waals surface area contributed by atoms with E-state index in [0.29, 0.717) is 111 Å². The standard InChI is InChI=1S/C26H23F6NO3.2C25H21F6NO2/c1-35-18-7-3-6-17(14-18)22-12-11-21-20(16-5-2-8-19(13-16)36-26(30,31)32)9-4-10-23(21)33(22)15-24(34)25(27,28)29;2*26-24(27,28)23(33)15-32-21(16-6-2-1-3-7-16)13-12-20-19(10-5-11-22(20)32)17-8-4-9-18(14-17)34-25(29,30)31/h2-10,13-14,22,24,34H,11-12,15H2,1H3;2*1-11,14,21,23,33H,12-13,15H2. The zero-order chi connectivity index (χ0) is 75.1. The summed E-state index contributed by atoms with van der Waals surface area (Å²) in [5.74, 6) is -0.619. The number of hydrogen-bond donors (Lipinski definition) is 3. The number of aliphatic hydroxyl groups is 3. The van der Waals surface area contributed by atoms with Crippen molar-refractivity contribution in [2.75, 3.05) is 41.4 Å². The van der Waals surface area contributed by atoms with E-state index < -0.39 is 99.4 Å². The van der Waals surface area contributed by atoms with Crippen molar-refractivity contribution in [1.29, 1.82) is 0 Å². The highest BCUT2D eigenvalue weighted by molar-refractivity contribution is 5.79. The predicted molar refractivity (Wildman–Crippen MR) is 353 cm³/mol. The number of halogens is 18. The summed E-state index contributed by atoms with van der Waals surface area (Å²) in [6, 6.07) is 55.3. The van der Waals surface area contributed by atoms with E-state index >= 15 is 0 Å². The fourth-order valence-electron chi connectivity index (χ4n) is 13.3. The number of alkyl halides is 18. The van der Waals surface area contributed by atoms with Gasteiger partial charge in [0.25, 0.3) is 0 Å². The maximum atomic E-state index is 13.3. The van der Waals surface area contributed by atoms with Crippen LogP contribution in [-0.2, 0) is 19.3 Å². The Bertz CT molecular complexity index is 4160. The number of ether oxygens (including phenoxy) is 4. The van der Waals surface area contributed by atoms with Gasteiger partial charge in [0.15, 0.2) is 18.3 Å². The monoisotopic (exact) mass is 1470 g/mol. The van der Waals surface area contributed by atoms with Crippen molar-refractivity contribution in [3.63, 3.8) is 0 Å². The molecule has 6 atom stereocenters. The third-order valence-electron chi connectivity index (χ3n) is 17.7. The summed E-state index contributed by atoms with van der Waals surface area (Å²) in [5, 5.41) is 29.7. The Morgan fingerprint density at radius 1 is 0.327 bits per heavy atom. The van der Waals surface area contributed by atoms with Crippen molar-refractivity contribution in [3.8, 4) is 56.4 Å². The fourth-order valence-corrected chi connectivity index (χ4v) is 13.3. The van der Waals surface area contributed by atoms with E-state index in [2.05, 4.69) is 14.2 Å². The highest BCUT2D eigenvalue weighted by Gasteiger charge is 2.45. The van der Waals surface area contributed by atoms with Gasteiger partial charge in [0.2, 0.25) is 0 Å². The molecule has 6 unspecified atom stereocenters. The molecule has 0 bridgehead atoms. The topological polar surface area (TPSA) is 107 Å². The molecule has 104 heavy (non-hydrogen) atoms. The van der Waals surface area contributed by atoms with Crippen LogP contribution in [0.4, 0.5) is 96.1 Å². The van der Waals surface area contributed by atoms with Gasteiger partial charge in [-0.05, 0) is 172 Å². The average Bonchev–Trinajstić information content (AvgIpc) is 0.773. The first-order valence-corrected chi connectivity index (χ1v) is 32.2. The van der Waals surface area contributed by atoms with Gasteiger partial charge in [-0.2, -0.15) is 39.5 Å². The van der Waals surface area contributed by atoms with E-state index in [1.54, 1.807) is 121 Å². The Morgan fingerprint density at radius 3 is 0.885 bits per heavy atom. The van der Waals surface area contributed by atoms with Gasteiger partial charge < -0.3 is 49.0 Å². The van der Waals surface area contributed by atoms with Crippen LogP contribution in [0.2, 0.25) is 0 Å². The molecular formula is C76H65F18N3O7. The highest BCUT2D eigenvalue weighted by atomic mass is 19.4. The number of β-amino-alcohol motifs (C(OH)–C–C–N with tert-alkyl or cyclic N) is 3. The van der Waals surface area contributed by atoms with Gasteiger partial charge in [-0.15, -0.1) is 39.5 Å². The molecule has 0 fully saturated rings. The summed E-state index contributed by atoms with van der Waals surface area (Å²) in [6.07, 6.45) is -33.9. The Hall–Kier alpha value is -9.80. The first kappa shape index (κ1) is 76.8. The zero-order valence-corrected chi connectivity index (χ0v) is 54.7. The van der Waals surface area contributed by atoms with Gasteiger partial charge in [0, 0.05) is 17.1 Å². The Morgan fingerprint density at radius 2 is 0.596 bits per heavy atom. The molecule has 0 saturated heterocycles. The number of anilines is 3. The van der Waals surface area contributed by atoms with Crippen molar-refractivity contribution < 1.29 is 113 Å². The summed E-state index contributed by atoms with van der Waals surface area (Å²) in [5.41, 5.74) is 9.02. The second-order valence-corrected chi connectivity index (χ2v) is 24.5. The van der Waals surface area contributed by atoms with E-state index in [4.69, 9.17) is 4.74 Å². The summed E-state index contributed by atoms with van der Waals surface area (Å²) in [7, 11) is 1.49. The van der Waals surface area contributed by atoms with Crippen LogP contribution in [0, 0.1) is 0 Å². The molecule has 3 N–H and O–H groups in total. The molecule has 9 aromatic carbocycles. The number of rotatable bonds is 16. The van der Waals surface area contributed by atoms with Gasteiger partial charge in [-0.25, -0.2) is 0 Å². The van der Waals surface area contributed by atoms with Crippen LogP contribution < -0.4 is 33.6 Å². The minimum absolute atomic E-state index is 0.384. The molecule has 10 nitrogen and oxygen atoms in total. The number of fused-ring (bicyclic) bond motifs is 3. The van der Waals surface area contributed by atoms with Crippen LogP contribution in [-0.4, -0.2) is 98.0 Å². The molecule has 0 spiro atoms. The van der Waals surface area contributed by atoms with E-state index in [1.165, 1.54) is 76.4 Å². The first-order chi connectivity index (χ1) is 49.0. The molecule has 3 aliphatic heterocycles. The normalized spacial score (nSPS) is 17.1. The van der Waals surface area contributed by atoms with Crippen LogP contribution in [0.3, 0.4) is 0 Å². The zero-order valence-electron chi connectivity index (χ0n) is 54.7. The molecule has 0 aromatic heterocycles. The lowest BCUT2D eigenvalue weighted by molar-refractivity contribution is -0.275. The van der Waals surface area contributed by atoms with Crippen molar-refractivity contribution in [3.05, 3.63) is 246 Å². The third-order valence-corrected chi connectivity index (χ3v) is 17.7. The minimum atomic E-state index is -4.86. The lowest BCUT2D eigenvalue weighted by Gasteiger charge is -2.41. The molecule has 3 heterocycles. The van der Waals surface area contributed by atoms with Gasteiger partial charge >= 0.3 is 37.6 Å². The van der Waals surface area contributed by atoms with Crippen molar-refractivity contribution in [2.24, 2.45) is 0 Å². The molecule has 12 rings (SSSR count). The third kappa shape index (κ3) is 19.5. The molecule has 9 aromatic rings. The summed E-state index contributed by atoms with van der Waals surface area (Å²) in [6.45, 7) is -2.05. The summed E-state index contributed by atoms with van der Waals surface area (Å²) < 4.78 is 251. The summed E-state index contributed by atoms with van der Waals surface area (Å²) in [4.78, 5) is 4.57. The molecule has 0 saturated carbocycles. The molecule has 0 aliphatic carbocycles. The molecule has 3 aliphatic rings. The lowest BCUT2D eigenvalue weighted by Crippen LogP contribution is -2.44. The SMILES string of the molecule is COc1cccc(C2CCc3c(-c4cccc(OC(F)(F)F)c4)cccc3N2CC(O)C(F)(F)F)c1.OC(CN1c2cccc(-c3cccc(OC(F)(F)F)c3)c2CCC1c1ccccc1)C(F)(F)F.OC(CN1c2cccc(-c3cccc(OC(F)(F)F)c3)c2CCC1c1ccccc1)C(F)(F)F. The Labute approximate surface area is 584 Å². The smallest absolute Gasteiger partial charge is 0.497 e. The molecule has 0 radical (unpaired) electrons. The number of aliphatic hydroxyl groups excluding tert-OH is 3. The molecular weight excluding hydrogens is 1410 g/mol. The second-order valence-electron chi connectivity index (χ2n) is 24.5. The molecule has 552 valence electrons. The van der Waals surface area contributed by atoms with Crippen LogP contribution in [0.25, 0.3) is 33.4 Å². The van der Waals surface area contributed by atoms with Crippen molar-refractivity contribution >= 4 is 17.1 Å². The van der Waals surface area contributed by atoms with Crippen LogP contribution in [0.5, 0.6) is 23.0 Å². The van der Waals surface area contributed by atoms with E-state index in [-0.39, 0.29) is 11.5 Å². The minimum Gasteiger partial charge on any atom is -0.497 e. The van der Waals surface area contributed by atoms with E-state index in [9.17, 15) is 94.3 Å². The predicted octanol–water partition coefficient (Wildman–Crippen LogP) is 20.0. The second kappa shape index (κ2) is 31.7. The number of methoxy groups -OCH3 is 1. The Balaban J connectivity index is 0.000000168. The van der Waals surface area contributed by atoms with Crippen LogP contribution >= 0.6 is 0 Å². The molecule has 28 heteroatoms. The fraction of sp³-hybridized carbons (Fsp3) is 0.289. The van der Waals surface area contributed by atoms with Gasteiger partial charge in [-0.3, -0.25) is 0 Å². The largest absolute Gasteiger partial charge is 0.573 e.